The van der Waals surface area contributed by atoms with Gasteiger partial charge in [-0.2, -0.15) is 0 Å². The molecule has 3 heteroatoms. The summed E-state index contributed by atoms with van der Waals surface area (Å²) in [5.41, 5.74) is 0. The molecule has 0 aromatic heterocycles. The van der Waals surface area contributed by atoms with Crippen molar-refractivity contribution in [1.29, 1.82) is 0 Å². The van der Waals surface area contributed by atoms with Gasteiger partial charge in [-0.15, -0.1) is 0 Å². The molecule has 18 heavy (non-hydrogen) atoms. The molecular formula is C15H33O2P. The number of aliphatic hydroxyl groups is 1. The Labute approximate surface area is 114 Å². The van der Waals surface area contributed by atoms with Crippen molar-refractivity contribution in [3.8, 4) is 0 Å². The summed E-state index contributed by atoms with van der Waals surface area (Å²) in [5.74, 6) is 0. The third kappa shape index (κ3) is 14.3. The Balaban J connectivity index is 2.97. The summed E-state index contributed by atoms with van der Waals surface area (Å²) in [5, 5.41) is 8.64. The van der Waals surface area contributed by atoms with Gasteiger partial charge in [-0.25, -0.2) is 0 Å². The van der Waals surface area contributed by atoms with Crippen molar-refractivity contribution in [3.05, 3.63) is 0 Å². The molecule has 0 rings (SSSR count). The van der Waals surface area contributed by atoms with Crippen LogP contribution >= 0.6 is 7.80 Å². The van der Waals surface area contributed by atoms with Crippen molar-refractivity contribution in [2.75, 3.05) is 12.5 Å². The molecule has 1 unspecified atom stereocenters. The molecule has 0 bridgehead atoms. The van der Waals surface area contributed by atoms with Crippen LogP contribution in [0.3, 0.4) is 0 Å². The molecule has 0 saturated carbocycles. The van der Waals surface area contributed by atoms with Gasteiger partial charge in [-0.3, -0.25) is 0 Å². The lowest BCUT2D eigenvalue weighted by atomic mass is 10.1. The molecule has 0 aromatic carbocycles. The van der Waals surface area contributed by atoms with Gasteiger partial charge in [0, 0.05) is 6.16 Å². The van der Waals surface area contributed by atoms with Gasteiger partial charge in [0.05, 0.1) is 6.35 Å². The lowest BCUT2D eigenvalue weighted by Gasteiger charge is -2.02. The van der Waals surface area contributed by atoms with Crippen molar-refractivity contribution in [2.24, 2.45) is 0 Å². The van der Waals surface area contributed by atoms with Crippen LogP contribution in [0.25, 0.3) is 0 Å². The van der Waals surface area contributed by atoms with Gasteiger partial charge in [-0.1, -0.05) is 77.6 Å². The monoisotopic (exact) mass is 276 g/mol. The molecule has 0 aliphatic carbocycles. The van der Waals surface area contributed by atoms with Gasteiger partial charge < -0.3 is 9.67 Å². The second-order valence-electron chi connectivity index (χ2n) is 5.34. The average Bonchev–Trinajstić information content (AvgIpc) is 2.39. The first-order chi connectivity index (χ1) is 8.81. The van der Waals surface area contributed by atoms with E-state index in [-0.39, 0.29) is 6.35 Å². The van der Waals surface area contributed by atoms with Crippen LogP contribution in [-0.2, 0) is 4.57 Å². The standard InChI is InChI=1S/C15H33O2P/c1-2-3-4-5-6-7-8-9-10-11-12-13-14-18(17)15-16/h16,18H,2-15H2,1H3. The molecule has 0 spiro atoms. The molecule has 0 aliphatic heterocycles. The first kappa shape index (κ1) is 18.2. The van der Waals surface area contributed by atoms with Crippen LogP contribution in [-0.4, -0.2) is 17.6 Å². The number of rotatable bonds is 14. The largest absolute Gasteiger partial charge is 0.389 e. The third-order valence-electron chi connectivity index (χ3n) is 3.49. The molecule has 0 radical (unpaired) electrons. The molecule has 0 aromatic rings. The summed E-state index contributed by atoms with van der Waals surface area (Å²) >= 11 is 0. The normalized spacial score (nSPS) is 12.8. The molecule has 1 atom stereocenters. The summed E-state index contributed by atoms with van der Waals surface area (Å²) in [6.45, 7) is 2.26. The second-order valence-corrected chi connectivity index (χ2v) is 7.23. The molecule has 0 fully saturated rings. The summed E-state index contributed by atoms with van der Waals surface area (Å²) < 4.78 is 11.0. The van der Waals surface area contributed by atoms with Crippen molar-refractivity contribution in [2.45, 2.75) is 84.0 Å². The molecule has 0 heterocycles. The van der Waals surface area contributed by atoms with E-state index in [1.165, 1.54) is 70.6 Å². The summed E-state index contributed by atoms with van der Waals surface area (Å²) in [6, 6.07) is 0. The lowest BCUT2D eigenvalue weighted by Crippen LogP contribution is -1.85. The summed E-state index contributed by atoms with van der Waals surface area (Å²) in [4.78, 5) is 0. The molecule has 0 amide bonds. The van der Waals surface area contributed by atoms with Crippen LogP contribution in [0.4, 0.5) is 0 Å². The smallest absolute Gasteiger partial charge is 0.100 e. The van der Waals surface area contributed by atoms with E-state index in [4.69, 9.17) is 5.11 Å². The minimum atomic E-state index is -1.64. The second kappa shape index (κ2) is 15.2. The minimum absolute atomic E-state index is 0.0945. The zero-order chi connectivity index (χ0) is 13.5. The molecular weight excluding hydrogens is 243 g/mol. The van der Waals surface area contributed by atoms with Gasteiger partial charge in [0.25, 0.3) is 0 Å². The SMILES string of the molecule is CCCCCCCCCCCCCC[PH](=O)CO. The van der Waals surface area contributed by atoms with E-state index in [0.29, 0.717) is 0 Å². The predicted octanol–water partition coefficient (Wildman–Crippen LogP) is 5.20. The maximum atomic E-state index is 11.0. The Morgan fingerprint density at radius 3 is 1.50 bits per heavy atom. The zero-order valence-corrected chi connectivity index (χ0v) is 13.3. The quantitative estimate of drug-likeness (QED) is 0.350. The van der Waals surface area contributed by atoms with Gasteiger partial charge in [0.2, 0.25) is 0 Å². The van der Waals surface area contributed by atoms with Gasteiger partial charge in [0.15, 0.2) is 0 Å². The fraction of sp³-hybridized carbons (Fsp3) is 1.00. The van der Waals surface area contributed by atoms with Gasteiger partial charge in [0.1, 0.15) is 7.80 Å². The van der Waals surface area contributed by atoms with E-state index in [0.717, 1.165) is 12.6 Å². The lowest BCUT2D eigenvalue weighted by molar-refractivity contribution is 0.362. The van der Waals surface area contributed by atoms with E-state index in [2.05, 4.69) is 6.92 Å². The Hall–Kier alpha value is 0.190. The molecule has 2 nitrogen and oxygen atoms in total. The fourth-order valence-corrected chi connectivity index (χ4v) is 3.04. The number of hydrogen-bond acceptors (Lipinski definition) is 2. The fourth-order valence-electron chi connectivity index (χ4n) is 2.24. The first-order valence-corrected chi connectivity index (χ1v) is 9.76. The highest BCUT2D eigenvalue weighted by Gasteiger charge is 1.97. The predicted molar refractivity (Wildman–Crippen MR) is 82.0 cm³/mol. The molecule has 1 N–H and O–H groups in total. The van der Waals surface area contributed by atoms with Crippen LogP contribution in [0.1, 0.15) is 84.0 Å². The van der Waals surface area contributed by atoms with Crippen LogP contribution in [0.15, 0.2) is 0 Å². The van der Waals surface area contributed by atoms with Crippen molar-refractivity contribution < 1.29 is 9.67 Å². The highest BCUT2D eigenvalue weighted by molar-refractivity contribution is 7.44. The van der Waals surface area contributed by atoms with Gasteiger partial charge >= 0.3 is 0 Å². The van der Waals surface area contributed by atoms with E-state index in [1.54, 1.807) is 0 Å². The highest BCUT2D eigenvalue weighted by Crippen LogP contribution is 2.21. The van der Waals surface area contributed by atoms with Crippen LogP contribution < -0.4 is 0 Å². The molecule has 0 saturated heterocycles. The van der Waals surface area contributed by atoms with Crippen LogP contribution in [0, 0.1) is 0 Å². The number of unbranched alkanes of at least 4 members (excludes halogenated alkanes) is 11. The Morgan fingerprint density at radius 2 is 1.11 bits per heavy atom. The van der Waals surface area contributed by atoms with Gasteiger partial charge in [-0.05, 0) is 6.42 Å². The van der Waals surface area contributed by atoms with E-state index in [1.807, 2.05) is 0 Å². The molecule has 0 aliphatic rings. The average molecular weight is 276 g/mol. The van der Waals surface area contributed by atoms with Crippen molar-refractivity contribution in [1.82, 2.24) is 0 Å². The van der Waals surface area contributed by atoms with E-state index >= 15 is 0 Å². The number of hydrogen-bond donors (Lipinski definition) is 1. The number of aliphatic hydroxyl groups excluding tert-OH is 1. The summed E-state index contributed by atoms with van der Waals surface area (Å²) in [7, 11) is -1.64. The highest BCUT2D eigenvalue weighted by atomic mass is 31.1. The Bertz CT molecular complexity index is 183. The van der Waals surface area contributed by atoms with E-state index in [9.17, 15) is 4.57 Å². The minimum Gasteiger partial charge on any atom is -0.389 e. The first-order valence-electron chi connectivity index (χ1n) is 7.93. The van der Waals surface area contributed by atoms with Crippen molar-refractivity contribution in [3.63, 3.8) is 0 Å². The molecule has 110 valence electrons. The van der Waals surface area contributed by atoms with E-state index < -0.39 is 7.80 Å². The van der Waals surface area contributed by atoms with Crippen molar-refractivity contribution >= 4 is 7.80 Å². The third-order valence-corrected chi connectivity index (χ3v) is 4.75. The maximum Gasteiger partial charge on any atom is 0.100 e. The Kier molecular flexibility index (Phi) is 15.4. The maximum absolute atomic E-state index is 11.0. The zero-order valence-electron chi connectivity index (χ0n) is 12.3. The van der Waals surface area contributed by atoms with Crippen LogP contribution in [0.5, 0.6) is 0 Å². The topological polar surface area (TPSA) is 37.3 Å². The Morgan fingerprint density at radius 1 is 0.722 bits per heavy atom. The van der Waals surface area contributed by atoms with Crippen LogP contribution in [0.2, 0.25) is 0 Å². The summed E-state index contributed by atoms with van der Waals surface area (Å²) in [6.07, 6.45) is 16.6.